The first-order valence-corrected chi connectivity index (χ1v) is 6.15. The van der Waals surface area contributed by atoms with Crippen LogP contribution in [-0.4, -0.2) is 20.3 Å². The number of hydrogen-bond acceptors (Lipinski definition) is 3. The normalized spacial score (nSPS) is 10.2. The molecule has 0 aliphatic carbocycles. The third-order valence-electron chi connectivity index (χ3n) is 2.68. The van der Waals surface area contributed by atoms with Crippen LogP contribution in [0.1, 0.15) is 0 Å². The molecule has 0 heterocycles. The van der Waals surface area contributed by atoms with Crippen molar-refractivity contribution in [2.75, 3.05) is 25.6 Å². The monoisotopic (exact) mass is 279 g/mol. The number of benzene rings is 2. The minimum absolute atomic E-state index is 0.209. The molecule has 0 amide bonds. The van der Waals surface area contributed by atoms with Crippen LogP contribution >= 0.6 is 0 Å². The van der Waals surface area contributed by atoms with Crippen LogP contribution in [0.5, 0.6) is 11.5 Å². The second kappa shape index (κ2) is 6.75. The van der Waals surface area contributed by atoms with Crippen molar-refractivity contribution in [2.45, 2.75) is 0 Å². The van der Waals surface area contributed by atoms with E-state index in [0.29, 0.717) is 18.0 Å². The van der Waals surface area contributed by atoms with Crippen molar-refractivity contribution in [3.8, 4) is 11.5 Å². The van der Waals surface area contributed by atoms with E-state index >= 15 is 0 Å². The molecule has 0 aliphatic rings. The first-order chi connectivity index (χ1) is 9.70. The fourth-order valence-electron chi connectivity index (χ4n) is 1.72. The van der Waals surface area contributed by atoms with Crippen LogP contribution < -0.4 is 14.8 Å². The SMILES string of the molecule is COc1cc(F)ccc1NCCOc1ccccc1F. The Morgan fingerprint density at radius 1 is 1.05 bits per heavy atom. The van der Waals surface area contributed by atoms with Gasteiger partial charge in [-0.25, -0.2) is 8.78 Å². The van der Waals surface area contributed by atoms with E-state index in [1.807, 2.05) is 0 Å². The van der Waals surface area contributed by atoms with E-state index in [-0.39, 0.29) is 18.2 Å². The summed E-state index contributed by atoms with van der Waals surface area (Å²) in [5.74, 6) is -0.141. The van der Waals surface area contributed by atoms with Gasteiger partial charge < -0.3 is 14.8 Å². The summed E-state index contributed by atoms with van der Waals surface area (Å²) in [4.78, 5) is 0. The molecule has 2 aromatic rings. The molecule has 1 N–H and O–H groups in total. The first kappa shape index (κ1) is 14.1. The molecule has 5 heteroatoms. The minimum atomic E-state index is -0.396. The molecular weight excluding hydrogens is 264 g/mol. The number of methoxy groups -OCH3 is 1. The molecule has 3 nitrogen and oxygen atoms in total. The zero-order valence-corrected chi connectivity index (χ0v) is 11.0. The van der Waals surface area contributed by atoms with Gasteiger partial charge in [0.25, 0.3) is 0 Å². The van der Waals surface area contributed by atoms with Gasteiger partial charge >= 0.3 is 0 Å². The minimum Gasteiger partial charge on any atom is -0.494 e. The molecule has 0 fully saturated rings. The van der Waals surface area contributed by atoms with Crippen LogP contribution in [0.4, 0.5) is 14.5 Å². The lowest BCUT2D eigenvalue weighted by atomic mass is 10.3. The summed E-state index contributed by atoms with van der Waals surface area (Å²) in [6, 6.07) is 10.4. The molecule has 0 atom stereocenters. The smallest absolute Gasteiger partial charge is 0.165 e. The fraction of sp³-hybridized carbons (Fsp3) is 0.200. The summed E-state index contributed by atoms with van der Waals surface area (Å²) >= 11 is 0. The Bertz CT molecular complexity index is 576. The second-order valence-electron chi connectivity index (χ2n) is 4.05. The molecule has 2 aromatic carbocycles. The zero-order valence-electron chi connectivity index (χ0n) is 11.0. The number of para-hydroxylation sites is 1. The van der Waals surface area contributed by atoms with Crippen molar-refractivity contribution < 1.29 is 18.3 Å². The van der Waals surface area contributed by atoms with Crippen molar-refractivity contribution in [1.82, 2.24) is 0 Å². The molecule has 0 spiro atoms. The molecule has 0 radical (unpaired) electrons. The van der Waals surface area contributed by atoms with Gasteiger partial charge in [0.15, 0.2) is 11.6 Å². The number of rotatable bonds is 6. The third kappa shape index (κ3) is 3.60. The molecule has 0 aliphatic heterocycles. The van der Waals surface area contributed by atoms with Crippen LogP contribution in [0.3, 0.4) is 0 Å². The number of hydrogen-bond donors (Lipinski definition) is 1. The second-order valence-corrected chi connectivity index (χ2v) is 4.05. The Balaban J connectivity index is 1.86. The van der Waals surface area contributed by atoms with Gasteiger partial charge in [-0.2, -0.15) is 0 Å². The molecule has 0 saturated heterocycles. The van der Waals surface area contributed by atoms with E-state index in [2.05, 4.69) is 5.32 Å². The summed E-state index contributed by atoms with van der Waals surface area (Å²) in [5, 5.41) is 3.04. The van der Waals surface area contributed by atoms with Crippen LogP contribution in [0.15, 0.2) is 42.5 Å². The van der Waals surface area contributed by atoms with Crippen molar-refractivity contribution >= 4 is 5.69 Å². The number of halogens is 2. The lowest BCUT2D eigenvalue weighted by Gasteiger charge is -2.12. The quantitative estimate of drug-likeness (QED) is 0.821. The van der Waals surface area contributed by atoms with Gasteiger partial charge in [-0.05, 0) is 24.3 Å². The molecular formula is C15H15F2NO2. The van der Waals surface area contributed by atoms with Gasteiger partial charge in [0.2, 0.25) is 0 Å². The summed E-state index contributed by atoms with van der Waals surface area (Å²) in [6.45, 7) is 0.720. The molecule has 106 valence electrons. The van der Waals surface area contributed by atoms with Gasteiger partial charge in [-0.1, -0.05) is 12.1 Å². The molecule has 0 aromatic heterocycles. The van der Waals surface area contributed by atoms with Gasteiger partial charge in [-0.3, -0.25) is 0 Å². The average molecular weight is 279 g/mol. The highest BCUT2D eigenvalue weighted by Crippen LogP contribution is 2.24. The van der Waals surface area contributed by atoms with Gasteiger partial charge in [0, 0.05) is 12.6 Å². The van der Waals surface area contributed by atoms with Crippen molar-refractivity contribution in [1.29, 1.82) is 0 Å². The highest BCUT2D eigenvalue weighted by Gasteiger charge is 2.04. The van der Waals surface area contributed by atoms with Crippen molar-refractivity contribution in [2.24, 2.45) is 0 Å². The lowest BCUT2D eigenvalue weighted by Crippen LogP contribution is -2.12. The van der Waals surface area contributed by atoms with E-state index < -0.39 is 5.82 Å². The average Bonchev–Trinajstić information content (AvgIpc) is 2.46. The summed E-state index contributed by atoms with van der Waals surface area (Å²) < 4.78 is 36.7. The standard InChI is InChI=1S/C15H15F2NO2/c1-19-15-10-11(16)6-7-13(15)18-8-9-20-14-5-3-2-4-12(14)17/h2-7,10,18H,8-9H2,1H3. The van der Waals surface area contributed by atoms with E-state index in [1.54, 1.807) is 24.3 Å². The van der Waals surface area contributed by atoms with E-state index in [9.17, 15) is 8.78 Å². The Morgan fingerprint density at radius 3 is 2.60 bits per heavy atom. The van der Waals surface area contributed by atoms with Gasteiger partial charge in [0.05, 0.1) is 12.8 Å². The summed E-state index contributed by atoms with van der Waals surface area (Å²) in [5.41, 5.74) is 0.658. The van der Waals surface area contributed by atoms with Crippen molar-refractivity contribution in [3.05, 3.63) is 54.1 Å². The topological polar surface area (TPSA) is 30.5 Å². The lowest BCUT2D eigenvalue weighted by molar-refractivity contribution is 0.315. The van der Waals surface area contributed by atoms with E-state index in [4.69, 9.17) is 9.47 Å². The Hall–Kier alpha value is -2.30. The Kier molecular flexibility index (Phi) is 4.76. The van der Waals surface area contributed by atoms with E-state index in [1.165, 1.54) is 25.3 Å². The van der Waals surface area contributed by atoms with E-state index in [0.717, 1.165) is 0 Å². The number of nitrogens with one attached hydrogen (secondary N) is 1. The highest BCUT2D eigenvalue weighted by atomic mass is 19.1. The predicted octanol–water partition coefficient (Wildman–Crippen LogP) is 3.46. The maximum atomic E-state index is 13.3. The molecule has 0 unspecified atom stereocenters. The summed E-state index contributed by atoms with van der Waals surface area (Å²) in [6.07, 6.45) is 0. The highest BCUT2D eigenvalue weighted by molar-refractivity contribution is 5.56. The van der Waals surface area contributed by atoms with Gasteiger partial charge in [0.1, 0.15) is 18.2 Å². The number of ether oxygens (including phenoxy) is 2. The first-order valence-electron chi connectivity index (χ1n) is 6.15. The van der Waals surface area contributed by atoms with Crippen LogP contribution in [0, 0.1) is 11.6 Å². The molecule has 2 rings (SSSR count). The molecule has 0 saturated carbocycles. The Morgan fingerprint density at radius 2 is 1.85 bits per heavy atom. The fourth-order valence-corrected chi connectivity index (χ4v) is 1.72. The van der Waals surface area contributed by atoms with Crippen LogP contribution in [0.25, 0.3) is 0 Å². The van der Waals surface area contributed by atoms with Gasteiger partial charge in [-0.15, -0.1) is 0 Å². The summed E-state index contributed by atoms with van der Waals surface area (Å²) in [7, 11) is 1.47. The Labute approximate surface area is 116 Å². The third-order valence-corrected chi connectivity index (χ3v) is 2.68. The maximum absolute atomic E-state index is 13.3. The van der Waals surface area contributed by atoms with Crippen LogP contribution in [0.2, 0.25) is 0 Å². The zero-order chi connectivity index (χ0) is 14.4. The maximum Gasteiger partial charge on any atom is 0.165 e. The van der Waals surface area contributed by atoms with Crippen LogP contribution in [-0.2, 0) is 0 Å². The molecule has 20 heavy (non-hydrogen) atoms. The largest absolute Gasteiger partial charge is 0.494 e. The van der Waals surface area contributed by atoms with Crippen molar-refractivity contribution in [3.63, 3.8) is 0 Å². The predicted molar refractivity (Wildman–Crippen MR) is 73.3 cm³/mol. The number of anilines is 1. The molecule has 0 bridgehead atoms.